The summed E-state index contributed by atoms with van der Waals surface area (Å²) in [5, 5.41) is 3.27. The van der Waals surface area contributed by atoms with Gasteiger partial charge in [0.05, 0.1) is 6.10 Å². The van der Waals surface area contributed by atoms with Crippen molar-refractivity contribution in [2.24, 2.45) is 0 Å². The van der Waals surface area contributed by atoms with Crippen LogP contribution in [0.4, 0.5) is 4.79 Å². The second kappa shape index (κ2) is 4.46. The van der Waals surface area contributed by atoms with E-state index in [4.69, 9.17) is 4.74 Å². The minimum absolute atomic E-state index is 0.0299. The summed E-state index contributed by atoms with van der Waals surface area (Å²) in [4.78, 5) is 13.2. The Labute approximate surface area is 79.2 Å². The first kappa shape index (κ1) is 10.3. The third-order valence-electron chi connectivity index (χ3n) is 1.96. The van der Waals surface area contributed by atoms with Gasteiger partial charge < -0.3 is 15.0 Å². The number of amides is 1. The summed E-state index contributed by atoms with van der Waals surface area (Å²) in [7, 11) is 0. The molecule has 76 valence electrons. The maximum atomic E-state index is 11.4. The molecule has 0 saturated carbocycles. The van der Waals surface area contributed by atoms with Crippen LogP contribution in [0.5, 0.6) is 0 Å². The smallest absolute Gasteiger partial charge is 0.410 e. The molecule has 0 aromatic rings. The van der Waals surface area contributed by atoms with Crippen LogP contribution in [0.25, 0.3) is 0 Å². The molecule has 1 N–H and O–H groups in total. The highest BCUT2D eigenvalue weighted by molar-refractivity contribution is 5.68. The molecule has 1 heterocycles. The van der Waals surface area contributed by atoms with Gasteiger partial charge in [-0.3, -0.25) is 0 Å². The predicted octanol–water partition coefficient (Wildman–Crippen LogP) is 0.825. The van der Waals surface area contributed by atoms with Gasteiger partial charge in [-0.1, -0.05) is 0 Å². The molecule has 1 rings (SSSR count). The standard InChI is InChI=1S/C9H18N2O2/c1-7(2)13-9(12)11-5-4-10-8(3)6-11/h7-8,10H,4-6H2,1-3H3. The molecule has 1 saturated heterocycles. The molecule has 0 aromatic heterocycles. The van der Waals surface area contributed by atoms with Crippen molar-refractivity contribution in [1.29, 1.82) is 0 Å². The van der Waals surface area contributed by atoms with Crippen LogP contribution in [0.1, 0.15) is 20.8 Å². The van der Waals surface area contributed by atoms with Gasteiger partial charge in [-0.2, -0.15) is 0 Å². The lowest BCUT2D eigenvalue weighted by molar-refractivity contribution is 0.0685. The van der Waals surface area contributed by atoms with E-state index in [0.29, 0.717) is 6.04 Å². The number of rotatable bonds is 1. The Bertz CT molecular complexity index is 182. The van der Waals surface area contributed by atoms with Crippen molar-refractivity contribution >= 4 is 6.09 Å². The maximum Gasteiger partial charge on any atom is 0.410 e. The quantitative estimate of drug-likeness (QED) is 0.659. The number of carbonyl (C=O) groups excluding carboxylic acids is 1. The van der Waals surface area contributed by atoms with Crippen molar-refractivity contribution in [2.75, 3.05) is 19.6 Å². The van der Waals surface area contributed by atoms with E-state index in [2.05, 4.69) is 12.2 Å². The molecule has 0 spiro atoms. The molecular formula is C9H18N2O2. The van der Waals surface area contributed by atoms with E-state index < -0.39 is 0 Å². The summed E-state index contributed by atoms with van der Waals surface area (Å²) in [5.41, 5.74) is 0. The first-order valence-corrected chi connectivity index (χ1v) is 4.78. The maximum absolute atomic E-state index is 11.4. The van der Waals surface area contributed by atoms with Gasteiger partial charge in [0.1, 0.15) is 0 Å². The van der Waals surface area contributed by atoms with Crippen molar-refractivity contribution in [3.8, 4) is 0 Å². The zero-order chi connectivity index (χ0) is 9.84. The van der Waals surface area contributed by atoms with Crippen LogP contribution in [0.2, 0.25) is 0 Å². The average Bonchev–Trinajstić information content (AvgIpc) is 2.03. The zero-order valence-corrected chi connectivity index (χ0v) is 8.54. The Morgan fingerprint density at radius 3 is 2.85 bits per heavy atom. The minimum Gasteiger partial charge on any atom is -0.447 e. The highest BCUT2D eigenvalue weighted by atomic mass is 16.6. The summed E-state index contributed by atoms with van der Waals surface area (Å²) in [6.45, 7) is 8.14. The molecule has 1 amide bonds. The van der Waals surface area contributed by atoms with Crippen LogP contribution in [-0.2, 0) is 4.74 Å². The number of hydrogen-bond acceptors (Lipinski definition) is 3. The Morgan fingerprint density at radius 2 is 2.31 bits per heavy atom. The SMILES string of the molecule is CC1CN(C(=O)OC(C)C)CCN1. The summed E-state index contributed by atoms with van der Waals surface area (Å²) in [5.74, 6) is 0. The van der Waals surface area contributed by atoms with Crippen LogP contribution in [0.3, 0.4) is 0 Å². The summed E-state index contributed by atoms with van der Waals surface area (Å²) >= 11 is 0. The second-order valence-corrected chi connectivity index (χ2v) is 3.73. The van der Waals surface area contributed by atoms with Crippen molar-refractivity contribution in [2.45, 2.75) is 32.9 Å². The molecule has 13 heavy (non-hydrogen) atoms. The third-order valence-corrected chi connectivity index (χ3v) is 1.96. The van der Waals surface area contributed by atoms with E-state index >= 15 is 0 Å². The first-order valence-electron chi connectivity index (χ1n) is 4.78. The summed E-state index contributed by atoms with van der Waals surface area (Å²) < 4.78 is 5.10. The van der Waals surface area contributed by atoms with Gasteiger partial charge in [-0.05, 0) is 20.8 Å². The zero-order valence-electron chi connectivity index (χ0n) is 8.54. The molecule has 1 aliphatic heterocycles. The number of carbonyl (C=O) groups is 1. The average molecular weight is 186 g/mol. The van der Waals surface area contributed by atoms with E-state index in [1.807, 2.05) is 13.8 Å². The molecule has 0 radical (unpaired) electrons. The van der Waals surface area contributed by atoms with Crippen molar-refractivity contribution in [3.05, 3.63) is 0 Å². The number of ether oxygens (including phenoxy) is 1. The Kier molecular flexibility index (Phi) is 3.54. The molecular weight excluding hydrogens is 168 g/mol. The third kappa shape index (κ3) is 3.22. The Balaban J connectivity index is 2.37. The highest BCUT2D eigenvalue weighted by Gasteiger charge is 2.21. The fourth-order valence-electron chi connectivity index (χ4n) is 1.37. The van der Waals surface area contributed by atoms with Gasteiger partial charge in [0, 0.05) is 25.7 Å². The lowest BCUT2D eigenvalue weighted by Crippen LogP contribution is -2.51. The van der Waals surface area contributed by atoms with E-state index in [1.54, 1.807) is 4.90 Å². The van der Waals surface area contributed by atoms with E-state index in [9.17, 15) is 4.79 Å². The van der Waals surface area contributed by atoms with Gasteiger partial charge in [0.15, 0.2) is 0 Å². The van der Waals surface area contributed by atoms with E-state index in [0.717, 1.165) is 19.6 Å². The van der Waals surface area contributed by atoms with Gasteiger partial charge in [0.25, 0.3) is 0 Å². The molecule has 0 aliphatic carbocycles. The Hall–Kier alpha value is -0.770. The van der Waals surface area contributed by atoms with Crippen LogP contribution in [0.15, 0.2) is 0 Å². The second-order valence-electron chi connectivity index (χ2n) is 3.73. The van der Waals surface area contributed by atoms with Crippen molar-refractivity contribution in [1.82, 2.24) is 10.2 Å². The topological polar surface area (TPSA) is 41.6 Å². The summed E-state index contributed by atoms with van der Waals surface area (Å²) in [6.07, 6.45) is -0.221. The van der Waals surface area contributed by atoms with Crippen LogP contribution < -0.4 is 5.32 Å². The predicted molar refractivity (Wildman–Crippen MR) is 50.7 cm³/mol. The van der Waals surface area contributed by atoms with Gasteiger partial charge in [-0.25, -0.2) is 4.79 Å². The van der Waals surface area contributed by atoms with E-state index in [1.165, 1.54) is 0 Å². The molecule has 4 nitrogen and oxygen atoms in total. The molecule has 1 aliphatic rings. The highest BCUT2D eigenvalue weighted by Crippen LogP contribution is 2.02. The summed E-state index contributed by atoms with van der Waals surface area (Å²) in [6, 6.07) is 0.369. The molecule has 1 unspecified atom stereocenters. The Morgan fingerprint density at radius 1 is 1.62 bits per heavy atom. The number of nitrogens with zero attached hydrogens (tertiary/aromatic N) is 1. The fraction of sp³-hybridized carbons (Fsp3) is 0.889. The number of nitrogens with one attached hydrogen (secondary N) is 1. The molecule has 4 heteroatoms. The molecule has 1 fully saturated rings. The van der Waals surface area contributed by atoms with Gasteiger partial charge in [-0.15, -0.1) is 0 Å². The molecule has 1 atom stereocenters. The normalized spacial score (nSPS) is 23.4. The van der Waals surface area contributed by atoms with Crippen LogP contribution in [0, 0.1) is 0 Å². The van der Waals surface area contributed by atoms with Crippen molar-refractivity contribution in [3.63, 3.8) is 0 Å². The minimum atomic E-state index is -0.191. The van der Waals surface area contributed by atoms with Crippen molar-refractivity contribution < 1.29 is 9.53 Å². The molecule has 0 bridgehead atoms. The monoisotopic (exact) mass is 186 g/mol. The first-order chi connectivity index (χ1) is 6.09. The lowest BCUT2D eigenvalue weighted by Gasteiger charge is -2.31. The van der Waals surface area contributed by atoms with Gasteiger partial charge in [0.2, 0.25) is 0 Å². The number of hydrogen-bond donors (Lipinski definition) is 1. The largest absolute Gasteiger partial charge is 0.447 e. The van der Waals surface area contributed by atoms with Gasteiger partial charge >= 0.3 is 6.09 Å². The molecule has 0 aromatic carbocycles. The lowest BCUT2D eigenvalue weighted by atomic mass is 10.2. The fourth-order valence-corrected chi connectivity index (χ4v) is 1.37. The number of piperazine rings is 1. The van der Waals surface area contributed by atoms with Crippen LogP contribution in [-0.4, -0.2) is 42.8 Å². The van der Waals surface area contributed by atoms with Crippen LogP contribution >= 0.6 is 0 Å². The van der Waals surface area contributed by atoms with E-state index in [-0.39, 0.29) is 12.2 Å².